The Hall–Kier alpha value is -0.250. The van der Waals surface area contributed by atoms with Gasteiger partial charge in [0.2, 0.25) is 5.91 Å². The minimum Gasteiger partial charge on any atom is -0.400 e. The molecule has 1 saturated heterocycles. The predicted molar refractivity (Wildman–Crippen MR) is 144 cm³/mol. The topological polar surface area (TPSA) is 95.8 Å². The average molecular weight is 501 g/mol. The molecule has 4 rings (SSSR count). The van der Waals surface area contributed by atoms with Crippen LogP contribution in [0.4, 0.5) is 0 Å². The molecule has 5 atom stereocenters. The summed E-state index contributed by atoms with van der Waals surface area (Å²) in [4.78, 5) is 11.3. The highest BCUT2D eigenvalue weighted by Crippen LogP contribution is 2.66. The molecule has 5 N–H and O–H groups in total. The molecule has 0 aromatic rings. The first-order valence-electron chi connectivity index (χ1n) is 12.4. The van der Waals surface area contributed by atoms with Crippen molar-refractivity contribution >= 4 is 29.8 Å². The highest BCUT2D eigenvalue weighted by Gasteiger charge is 2.64. The summed E-state index contributed by atoms with van der Waals surface area (Å²) in [7, 11) is 1.00. The van der Waals surface area contributed by atoms with Crippen LogP contribution in [0.5, 0.6) is 0 Å². The number of hydrogen-bond donors (Lipinski definition) is 3. The van der Waals surface area contributed by atoms with Gasteiger partial charge in [-0.25, -0.2) is 8.61 Å². The number of nitrogens with zero attached hydrogens (tertiary/aromatic N) is 2. The first-order chi connectivity index (χ1) is 15.4. The van der Waals surface area contributed by atoms with Crippen LogP contribution >= 0.6 is 23.9 Å². The van der Waals surface area contributed by atoms with Gasteiger partial charge in [0.15, 0.2) is 0 Å². The fraction of sp³-hybridized carbons (Fsp3) is 0.880. The molecule has 0 radical (unpaired) electrons. The molecule has 0 aromatic heterocycles. The van der Waals surface area contributed by atoms with E-state index in [9.17, 15) is 4.79 Å². The van der Waals surface area contributed by atoms with Crippen molar-refractivity contribution in [1.29, 1.82) is 0 Å². The fourth-order valence-corrected chi connectivity index (χ4v) is 7.81. The van der Waals surface area contributed by atoms with Gasteiger partial charge in [0.25, 0.3) is 0 Å². The van der Waals surface area contributed by atoms with Crippen molar-refractivity contribution in [2.24, 2.45) is 34.1 Å². The second kappa shape index (κ2) is 11.7. The van der Waals surface area contributed by atoms with Gasteiger partial charge in [-0.2, -0.15) is 0 Å². The minimum absolute atomic E-state index is 0.0446. The summed E-state index contributed by atoms with van der Waals surface area (Å²) in [6, 6.07) is 0. The van der Waals surface area contributed by atoms with Crippen LogP contribution in [-0.2, 0) is 4.79 Å². The lowest BCUT2D eigenvalue weighted by Gasteiger charge is -2.49. The summed E-state index contributed by atoms with van der Waals surface area (Å²) >= 11 is 3.72. The maximum Gasteiger partial charge on any atom is 0.244 e. The van der Waals surface area contributed by atoms with Crippen molar-refractivity contribution in [3.05, 3.63) is 11.6 Å². The van der Waals surface area contributed by atoms with Crippen LogP contribution in [0.3, 0.4) is 0 Å². The van der Waals surface area contributed by atoms with Crippen LogP contribution < -0.4 is 11.5 Å². The van der Waals surface area contributed by atoms with E-state index < -0.39 is 0 Å². The van der Waals surface area contributed by atoms with Gasteiger partial charge in [-0.1, -0.05) is 57.7 Å². The minimum atomic E-state index is -0.246. The van der Waals surface area contributed by atoms with Gasteiger partial charge in [0.05, 0.1) is 0 Å². The third-order valence-electron chi connectivity index (χ3n) is 9.19. The molecule has 3 fully saturated rings. The van der Waals surface area contributed by atoms with Gasteiger partial charge in [-0.3, -0.25) is 4.79 Å². The Morgan fingerprint density at radius 2 is 1.67 bits per heavy atom. The zero-order valence-electron chi connectivity index (χ0n) is 21.9. The Morgan fingerprint density at radius 3 is 2.09 bits per heavy atom. The standard InChI is InChI=1S/C13H23N3OS2.C11H21N.CH4O/c1-10-3-4-11(13(14)17)9-12(10)19-16-7-5-15(18-2)6-8-16;1-9(2)8-5-6-10(3,7-8)11(9,4)12;1-2/h9-10,12H,3-8H2,1-2H3,(H2,14,17);8H,5-7,12H2,1-4H3;2H,1H3/t;8?,10-,11?;/m.1./s1. The lowest BCUT2D eigenvalue weighted by Crippen LogP contribution is -2.58. The van der Waals surface area contributed by atoms with Crippen molar-refractivity contribution in [1.82, 2.24) is 8.61 Å². The Morgan fingerprint density at radius 1 is 1.09 bits per heavy atom. The van der Waals surface area contributed by atoms with Crippen molar-refractivity contribution < 1.29 is 9.90 Å². The Bertz CT molecular complexity index is 685. The molecule has 1 aliphatic heterocycles. The monoisotopic (exact) mass is 500 g/mol. The second-order valence-corrected chi connectivity index (χ2v) is 13.3. The van der Waals surface area contributed by atoms with Gasteiger partial charge in [0.1, 0.15) is 0 Å². The van der Waals surface area contributed by atoms with Crippen molar-refractivity contribution in [3.8, 4) is 0 Å². The molecule has 0 aromatic carbocycles. The number of hydrogen-bond acceptors (Lipinski definition) is 7. The Kier molecular flexibility index (Phi) is 10.2. The van der Waals surface area contributed by atoms with E-state index in [1.54, 1.807) is 0 Å². The molecule has 2 bridgehead atoms. The molecule has 3 aliphatic carbocycles. The van der Waals surface area contributed by atoms with Gasteiger partial charge in [-0.15, -0.1) is 0 Å². The van der Waals surface area contributed by atoms with Gasteiger partial charge >= 0.3 is 0 Å². The first kappa shape index (κ1) is 29.0. The number of aliphatic hydroxyl groups is 1. The molecule has 1 amide bonds. The third kappa shape index (κ3) is 6.12. The van der Waals surface area contributed by atoms with Crippen LogP contribution in [0.1, 0.15) is 66.7 Å². The van der Waals surface area contributed by atoms with E-state index in [0.29, 0.717) is 22.0 Å². The first-order valence-corrected chi connectivity index (χ1v) is 14.4. The van der Waals surface area contributed by atoms with Gasteiger partial charge in [-0.05, 0) is 67.9 Å². The summed E-state index contributed by atoms with van der Waals surface area (Å²) in [5, 5.41) is 7.40. The lowest BCUT2D eigenvalue weighted by molar-refractivity contribution is -0.114. The Labute approximate surface area is 210 Å². The second-order valence-electron chi connectivity index (χ2n) is 11.1. The molecule has 33 heavy (non-hydrogen) atoms. The van der Waals surface area contributed by atoms with E-state index >= 15 is 0 Å². The van der Waals surface area contributed by atoms with E-state index in [1.165, 1.54) is 19.3 Å². The van der Waals surface area contributed by atoms with E-state index in [1.807, 2.05) is 23.9 Å². The summed E-state index contributed by atoms with van der Waals surface area (Å²) in [6.07, 6.45) is 10.2. The lowest BCUT2D eigenvalue weighted by atomic mass is 9.60. The number of primary amides is 1. The number of amides is 1. The number of carbonyl (C=O) groups excluding carboxylic acids is 1. The van der Waals surface area contributed by atoms with Crippen molar-refractivity contribution in [2.45, 2.75) is 77.5 Å². The molecular weight excluding hydrogens is 452 g/mol. The number of carbonyl (C=O) groups is 1. The molecule has 2 saturated carbocycles. The largest absolute Gasteiger partial charge is 0.400 e. The molecule has 6 nitrogen and oxygen atoms in total. The predicted octanol–water partition coefficient (Wildman–Crippen LogP) is 3.90. The summed E-state index contributed by atoms with van der Waals surface area (Å²) in [6.45, 7) is 16.0. The fourth-order valence-electron chi connectivity index (χ4n) is 5.99. The smallest absolute Gasteiger partial charge is 0.244 e. The van der Waals surface area contributed by atoms with Gasteiger partial charge in [0, 0.05) is 49.7 Å². The number of piperazine rings is 1. The number of aliphatic hydroxyl groups excluding tert-OH is 1. The summed E-state index contributed by atoms with van der Waals surface area (Å²) in [5.41, 5.74) is 13.5. The van der Waals surface area contributed by atoms with E-state index in [2.05, 4.69) is 55.6 Å². The zero-order chi connectivity index (χ0) is 25.0. The third-order valence-corrected chi connectivity index (χ3v) is 11.6. The van der Waals surface area contributed by atoms with Crippen molar-refractivity contribution in [3.63, 3.8) is 0 Å². The maximum absolute atomic E-state index is 11.3. The highest BCUT2D eigenvalue weighted by molar-refractivity contribution is 7.97. The quantitative estimate of drug-likeness (QED) is 0.504. The van der Waals surface area contributed by atoms with E-state index in [4.69, 9.17) is 16.6 Å². The SMILES string of the molecule is CC1(C)C2CC[C@](C)(C2)C1(C)N.CO.CSN1CCN(SC2C=C(C(N)=O)CCC2C)CC1. The Balaban J connectivity index is 0.000000236. The number of fused-ring (bicyclic) bond motifs is 2. The molecule has 0 spiro atoms. The molecule has 192 valence electrons. The van der Waals surface area contributed by atoms with E-state index in [0.717, 1.165) is 57.6 Å². The maximum atomic E-state index is 11.3. The van der Waals surface area contributed by atoms with Crippen molar-refractivity contribution in [2.75, 3.05) is 39.5 Å². The average Bonchev–Trinajstić information content (AvgIpc) is 3.26. The van der Waals surface area contributed by atoms with E-state index in [-0.39, 0.29) is 11.4 Å². The highest BCUT2D eigenvalue weighted by atomic mass is 32.2. The number of nitrogens with two attached hydrogens (primary N) is 2. The molecule has 1 heterocycles. The molecule has 4 unspecified atom stereocenters. The normalized spacial score (nSPS) is 38.0. The van der Waals surface area contributed by atoms with Crippen LogP contribution in [-0.4, -0.2) is 70.0 Å². The van der Waals surface area contributed by atoms with Crippen LogP contribution in [0.15, 0.2) is 11.6 Å². The van der Waals surface area contributed by atoms with Crippen LogP contribution in [0.25, 0.3) is 0 Å². The summed E-state index contributed by atoms with van der Waals surface area (Å²) < 4.78 is 4.83. The zero-order valence-corrected chi connectivity index (χ0v) is 23.5. The number of rotatable bonds is 4. The van der Waals surface area contributed by atoms with Crippen LogP contribution in [0.2, 0.25) is 0 Å². The van der Waals surface area contributed by atoms with Crippen LogP contribution in [0, 0.1) is 22.7 Å². The molecule has 4 aliphatic rings. The molecular formula is C25H48N4O2S2. The van der Waals surface area contributed by atoms with Gasteiger partial charge < -0.3 is 16.6 Å². The molecule has 8 heteroatoms. The summed E-state index contributed by atoms with van der Waals surface area (Å²) in [5.74, 6) is 1.24.